The zero-order chi connectivity index (χ0) is 9.61. The molecule has 0 aliphatic heterocycles. The number of alkyl halides is 1. The van der Waals surface area contributed by atoms with Gasteiger partial charge in [-0.25, -0.2) is 0 Å². The Bertz CT molecular complexity index is 117. The van der Waals surface area contributed by atoms with E-state index < -0.39 is 0 Å². The molecule has 0 aromatic carbocycles. The fourth-order valence-corrected chi connectivity index (χ4v) is 1.73. The van der Waals surface area contributed by atoms with Gasteiger partial charge in [-0.15, -0.1) is 11.6 Å². The molecule has 12 heavy (non-hydrogen) atoms. The Balaban J connectivity index is 3.63. The second kappa shape index (κ2) is 6.00. The third-order valence-electron chi connectivity index (χ3n) is 2.34. The van der Waals surface area contributed by atoms with Crippen LogP contribution in [0.15, 0.2) is 0 Å². The molecular formula is C9H21ClOSi. The van der Waals surface area contributed by atoms with E-state index in [4.69, 9.17) is 16.0 Å². The first-order valence-corrected chi connectivity index (χ1v) is 5.99. The summed E-state index contributed by atoms with van der Waals surface area (Å²) in [5.41, 5.74) is -0.123. The molecule has 0 aromatic heterocycles. The minimum Gasteiger partial charge on any atom is -0.422 e. The van der Waals surface area contributed by atoms with E-state index in [2.05, 4.69) is 20.8 Å². The van der Waals surface area contributed by atoms with Gasteiger partial charge in [-0.3, -0.25) is 0 Å². The minimum absolute atomic E-state index is 0.123. The van der Waals surface area contributed by atoms with Crippen molar-refractivity contribution in [1.82, 2.24) is 0 Å². The molecule has 0 heterocycles. The highest BCUT2D eigenvalue weighted by molar-refractivity contribution is 6.21. The Kier molecular flexibility index (Phi) is 6.24. The highest BCUT2D eigenvalue weighted by Crippen LogP contribution is 2.23. The van der Waals surface area contributed by atoms with Crippen molar-refractivity contribution in [3.05, 3.63) is 0 Å². The van der Waals surface area contributed by atoms with Crippen molar-refractivity contribution >= 4 is 22.1 Å². The maximum absolute atomic E-state index is 6.21. The summed E-state index contributed by atoms with van der Waals surface area (Å²) >= 11 is 6.21. The van der Waals surface area contributed by atoms with E-state index in [0.29, 0.717) is 0 Å². The molecule has 0 saturated carbocycles. The van der Waals surface area contributed by atoms with Gasteiger partial charge in [-0.1, -0.05) is 26.2 Å². The van der Waals surface area contributed by atoms with Crippen LogP contribution in [0.4, 0.5) is 0 Å². The molecular weight excluding hydrogens is 188 g/mol. The molecule has 0 aliphatic rings. The topological polar surface area (TPSA) is 9.23 Å². The van der Waals surface area contributed by atoms with Crippen LogP contribution in [0.25, 0.3) is 0 Å². The van der Waals surface area contributed by atoms with Crippen LogP contribution in [0.3, 0.4) is 0 Å². The van der Waals surface area contributed by atoms with E-state index in [1.807, 2.05) is 0 Å². The summed E-state index contributed by atoms with van der Waals surface area (Å²) in [7, 11) is 0.770. The molecule has 0 spiro atoms. The van der Waals surface area contributed by atoms with E-state index in [1.54, 1.807) is 0 Å². The Labute approximate surface area is 84.4 Å². The van der Waals surface area contributed by atoms with Crippen molar-refractivity contribution in [2.75, 3.05) is 0 Å². The molecule has 0 radical (unpaired) electrons. The molecule has 1 nitrogen and oxygen atoms in total. The van der Waals surface area contributed by atoms with E-state index in [1.165, 1.54) is 19.3 Å². The van der Waals surface area contributed by atoms with Gasteiger partial charge >= 0.3 is 0 Å². The van der Waals surface area contributed by atoms with Crippen LogP contribution in [0.1, 0.15) is 46.5 Å². The average molecular weight is 209 g/mol. The predicted molar refractivity (Wildman–Crippen MR) is 58.9 cm³/mol. The lowest BCUT2D eigenvalue weighted by Gasteiger charge is -2.29. The first-order valence-electron chi connectivity index (χ1n) is 4.73. The summed E-state index contributed by atoms with van der Waals surface area (Å²) in [6.45, 7) is 6.35. The van der Waals surface area contributed by atoms with Crippen molar-refractivity contribution < 1.29 is 4.43 Å². The lowest BCUT2D eigenvalue weighted by molar-refractivity contribution is 0.114. The number of hydrogen-bond acceptors (Lipinski definition) is 1. The predicted octanol–water partition coefficient (Wildman–Crippen LogP) is 2.25. The lowest BCUT2D eigenvalue weighted by Crippen LogP contribution is -2.34. The molecule has 1 atom stereocenters. The SMILES string of the molecule is CCCCCC(Cl)C(C)(C)O[SiH3]. The van der Waals surface area contributed by atoms with Crippen molar-refractivity contribution in [2.45, 2.75) is 57.4 Å². The Morgan fingerprint density at radius 3 is 2.42 bits per heavy atom. The van der Waals surface area contributed by atoms with Gasteiger partial charge in [-0.05, 0) is 20.3 Å². The molecule has 1 unspecified atom stereocenters. The van der Waals surface area contributed by atoms with Crippen LogP contribution in [0, 0.1) is 0 Å². The van der Waals surface area contributed by atoms with Crippen molar-refractivity contribution in [1.29, 1.82) is 0 Å². The van der Waals surface area contributed by atoms with Crippen LogP contribution in [0.2, 0.25) is 0 Å². The molecule has 0 saturated heterocycles. The van der Waals surface area contributed by atoms with E-state index in [-0.39, 0.29) is 11.0 Å². The van der Waals surface area contributed by atoms with Crippen molar-refractivity contribution in [3.63, 3.8) is 0 Å². The Morgan fingerprint density at radius 1 is 1.42 bits per heavy atom. The molecule has 0 bridgehead atoms. The van der Waals surface area contributed by atoms with Gasteiger partial charge in [0.1, 0.15) is 10.5 Å². The maximum atomic E-state index is 6.21. The summed E-state index contributed by atoms with van der Waals surface area (Å²) in [6.07, 6.45) is 4.83. The molecule has 0 aromatic rings. The summed E-state index contributed by atoms with van der Waals surface area (Å²) in [4.78, 5) is 0. The number of rotatable bonds is 6. The normalized spacial score (nSPS) is 15.0. The summed E-state index contributed by atoms with van der Waals surface area (Å²) in [5, 5.41) is 0.168. The summed E-state index contributed by atoms with van der Waals surface area (Å²) in [6, 6.07) is 0. The van der Waals surface area contributed by atoms with Crippen LogP contribution in [-0.4, -0.2) is 21.5 Å². The lowest BCUT2D eigenvalue weighted by atomic mass is 10.00. The Hall–Kier alpha value is 0.467. The second-order valence-corrected chi connectivity index (χ2v) is 4.71. The fourth-order valence-electron chi connectivity index (χ4n) is 1.05. The average Bonchev–Trinajstić information content (AvgIpc) is 2.05. The van der Waals surface area contributed by atoms with Gasteiger partial charge in [-0.2, -0.15) is 0 Å². The smallest absolute Gasteiger partial charge is 0.146 e. The van der Waals surface area contributed by atoms with Crippen molar-refractivity contribution in [2.24, 2.45) is 0 Å². The highest BCUT2D eigenvalue weighted by Gasteiger charge is 2.25. The van der Waals surface area contributed by atoms with Gasteiger partial charge in [0.15, 0.2) is 0 Å². The van der Waals surface area contributed by atoms with Gasteiger partial charge < -0.3 is 4.43 Å². The molecule has 0 amide bonds. The standard InChI is InChI=1S/C9H21ClOSi/c1-4-5-6-7-8(10)9(2,3)11-12/h8H,4-7H2,1-3,12H3. The summed E-state index contributed by atoms with van der Waals surface area (Å²) in [5.74, 6) is 0. The van der Waals surface area contributed by atoms with Crippen LogP contribution >= 0.6 is 11.6 Å². The molecule has 3 heteroatoms. The fraction of sp³-hybridized carbons (Fsp3) is 1.00. The molecule has 74 valence electrons. The minimum atomic E-state index is -0.123. The number of hydrogen-bond donors (Lipinski definition) is 0. The van der Waals surface area contributed by atoms with E-state index in [9.17, 15) is 0 Å². The second-order valence-electron chi connectivity index (χ2n) is 3.77. The van der Waals surface area contributed by atoms with E-state index in [0.717, 1.165) is 16.9 Å². The first-order chi connectivity index (χ1) is 5.54. The quantitative estimate of drug-likeness (QED) is 0.370. The highest BCUT2D eigenvalue weighted by atomic mass is 35.5. The maximum Gasteiger partial charge on any atom is 0.146 e. The molecule has 0 aliphatic carbocycles. The molecule has 0 fully saturated rings. The first kappa shape index (κ1) is 12.5. The van der Waals surface area contributed by atoms with Crippen LogP contribution in [0.5, 0.6) is 0 Å². The van der Waals surface area contributed by atoms with Gasteiger partial charge in [0, 0.05) is 0 Å². The van der Waals surface area contributed by atoms with Crippen LogP contribution < -0.4 is 0 Å². The summed E-state index contributed by atoms with van der Waals surface area (Å²) < 4.78 is 5.44. The largest absolute Gasteiger partial charge is 0.422 e. The molecule has 0 N–H and O–H groups in total. The Morgan fingerprint density at radius 2 is 2.00 bits per heavy atom. The van der Waals surface area contributed by atoms with Crippen molar-refractivity contribution in [3.8, 4) is 0 Å². The van der Waals surface area contributed by atoms with Crippen LogP contribution in [-0.2, 0) is 4.43 Å². The van der Waals surface area contributed by atoms with Gasteiger partial charge in [0.05, 0.1) is 11.0 Å². The van der Waals surface area contributed by atoms with Gasteiger partial charge in [0.25, 0.3) is 0 Å². The number of halogens is 1. The zero-order valence-electron chi connectivity index (χ0n) is 8.69. The third-order valence-corrected chi connectivity index (χ3v) is 4.14. The molecule has 0 rings (SSSR count). The third kappa shape index (κ3) is 4.48. The monoisotopic (exact) mass is 208 g/mol. The zero-order valence-corrected chi connectivity index (χ0v) is 11.4. The number of unbranched alkanes of at least 4 members (excludes halogenated alkanes) is 2. The van der Waals surface area contributed by atoms with Gasteiger partial charge in [0.2, 0.25) is 0 Å². The van der Waals surface area contributed by atoms with E-state index >= 15 is 0 Å².